The first-order valence-corrected chi connectivity index (χ1v) is 21.8. The van der Waals surface area contributed by atoms with Gasteiger partial charge in [-0.3, -0.25) is 14.6 Å². The molecule has 0 spiro atoms. The van der Waals surface area contributed by atoms with E-state index in [1.54, 1.807) is 11.3 Å². The lowest BCUT2D eigenvalue weighted by Gasteiger charge is -2.61. The van der Waals surface area contributed by atoms with Crippen molar-refractivity contribution < 1.29 is 19.7 Å². The Bertz CT molecular complexity index is 2160. The van der Waals surface area contributed by atoms with Crippen LogP contribution in [-0.4, -0.2) is 109 Å². The number of amidine groups is 1. The number of benzene rings is 1. The Labute approximate surface area is 338 Å². The van der Waals surface area contributed by atoms with Crippen molar-refractivity contribution in [3.63, 3.8) is 0 Å². The van der Waals surface area contributed by atoms with Crippen LogP contribution in [0.4, 0.5) is 16.8 Å². The summed E-state index contributed by atoms with van der Waals surface area (Å²) in [6, 6.07) is 8.09. The Morgan fingerprint density at radius 3 is 2.65 bits per heavy atom. The number of aliphatic hydroxyl groups is 2. The molecule has 1 saturated heterocycles. The maximum atomic E-state index is 11.0. The molecular weight excluding hydrogens is 739 g/mol. The molecule has 4 aliphatic carbocycles. The third kappa shape index (κ3) is 6.79. The molecule has 5 fully saturated rings. The van der Waals surface area contributed by atoms with Crippen LogP contribution in [0.15, 0.2) is 47.6 Å². The van der Waals surface area contributed by atoms with Crippen LogP contribution in [0.25, 0.3) is 10.2 Å². The molecule has 3 aromatic heterocycles. The third-order valence-corrected chi connectivity index (χ3v) is 15.1. The number of hydrogen-bond donors (Lipinski definition) is 3. The minimum atomic E-state index is -1.69. The SMILES string of the molecule is Cc1c(Nc2nc3ccccc3s2)nnc2c1CCCN2C1=NC(C)(C(O)O)C(c2cnn(CC34CC5CC(C3)CC(OCCN3CCOCC3)(C5)C4)c2C)C=C1. The summed E-state index contributed by atoms with van der Waals surface area (Å²) in [6.45, 7) is 13.0. The van der Waals surface area contributed by atoms with Crippen molar-refractivity contribution >= 4 is 44.2 Å². The molecule has 4 bridgehead atoms. The number of para-hydroxylation sites is 1. The van der Waals surface area contributed by atoms with Crippen molar-refractivity contribution in [3.8, 4) is 0 Å². The van der Waals surface area contributed by atoms with Crippen LogP contribution in [-0.2, 0) is 22.4 Å². The lowest BCUT2D eigenvalue weighted by atomic mass is 9.48. The van der Waals surface area contributed by atoms with Crippen LogP contribution in [0, 0.1) is 31.1 Å². The molecule has 57 heavy (non-hydrogen) atoms. The van der Waals surface area contributed by atoms with Gasteiger partial charge in [-0.05, 0) is 108 Å². The Balaban J connectivity index is 0.869. The summed E-state index contributed by atoms with van der Waals surface area (Å²) in [4.78, 5) is 14.4. The highest BCUT2D eigenvalue weighted by atomic mass is 32.1. The highest BCUT2D eigenvalue weighted by Gasteiger charge is 2.58. The number of hydrogen-bond acceptors (Lipinski definition) is 13. The number of aliphatic hydroxyl groups excluding tert-OH is 1. The fraction of sp³-hybridized carbons (Fsp3) is 0.605. The minimum absolute atomic E-state index is 0.0263. The number of anilines is 3. The largest absolute Gasteiger partial charge is 0.379 e. The van der Waals surface area contributed by atoms with E-state index < -0.39 is 11.8 Å². The molecule has 1 aromatic carbocycles. The van der Waals surface area contributed by atoms with Gasteiger partial charge in [-0.1, -0.05) is 29.5 Å². The Hall–Kier alpha value is -3.79. The maximum Gasteiger partial charge on any atom is 0.189 e. The van der Waals surface area contributed by atoms with E-state index in [-0.39, 0.29) is 16.9 Å². The van der Waals surface area contributed by atoms with Crippen molar-refractivity contribution in [1.29, 1.82) is 0 Å². The summed E-state index contributed by atoms with van der Waals surface area (Å²) in [6.07, 6.45) is 13.4. The zero-order chi connectivity index (χ0) is 38.9. The highest BCUT2D eigenvalue weighted by molar-refractivity contribution is 7.22. The number of aliphatic imine (C=N–C) groups is 1. The lowest BCUT2D eigenvalue weighted by molar-refractivity contribution is -0.198. The van der Waals surface area contributed by atoms with Crippen LogP contribution in [0.1, 0.15) is 80.2 Å². The van der Waals surface area contributed by atoms with E-state index in [0.29, 0.717) is 30.0 Å². The predicted octanol–water partition coefficient (Wildman–Crippen LogP) is 5.91. The maximum absolute atomic E-state index is 11.0. The summed E-state index contributed by atoms with van der Waals surface area (Å²) in [7, 11) is 0. The van der Waals surface area contributed by atoms with Crippen molar-refractivity contribution in [2.75, 3.05) is 56.2 Å². The fourth-order valence-electron chi connectivity index (χ4n) is 11.6. The molecular formula is C43H55N9O4S. The van der Waals surface area contributed by atoms with Crippen molar-refractivity contribution in [2.45, 2.75) is 102 Å². The molecule has 14 heteroatoms. The van der Waals surface area contributed by atoms with Crippen LogP contribution in [0.3, 0.4) is 0 Å². The van der Waals surface area contributed by atoms with Gasteiger partial charge in [0.05, 0.1) is 41.8 Å². The number of thiazole rings is 1. The topological polar surface area (TPSA) is 146 Å². The molecule has 3 N–H and O–H groups in total. The van der Waals surface area contributed by atoms with Gasteiger partial charge in [-0.25, -0.2) is 4.98 Å². The molecule has 4 aromatic rings. The normalized spacial score (nSPS) is 31.0. The van der Waals surface area contributed by atoms with Gasteiger partial charge in [0.2, 0.25) is 0 Å². The second-order valence-electron chi connectivity index (χ2n) is 18.0. The molecule has 4 unspecified atom stereocenters. The molecule has 7 aliphatic rings. The first-order chi connectivity index (χ1) is 27.6. The first-order valence-electron chi connectivity index (χ1n) is 21.0. The number of nitrogens with zero attached hydrogens (tertiary/aromatic N) is 8. The average molecular weight is 794 g/mol. The number of ether oxygens (including phenoxy) is 2. The van der Waals surface area contributed by atoms with E-state index in [2.05, 4.69) is 50.9 Å². The van der Waals surface area contributed by atoms with Crippen molar-refractivity contribution in [2.24, 2.45) is 22.2 Å². The second-order valence-corrected chi connectivity index (χ2v) is 19.1. The third-order valence-electron chi connectivity index (χ3n) is 14.1. The lowest BCUT2D eigenvalue weighted by Crippen LogP contribution is -2.58. The molecule has 0 amide bonds. The van der Waals surface area contributed by atoms with Gasteiger partial charge >= 0.3 is 0 Å². The number of nitrogens with one attached hydrogen (secondary N) is 1. The molecule has 4 saturated carbocycles. The highest BCUT2D eigenvalue weighted by Crippen LogP contribution is 2.63. The van der Waals surface area contributed by atoms with E-state index in [1.807, 2.05) is 37.4 Å². The van der Waals surface area contributed by atoms with Crippen LogP contribution in [0.2, 0.25) is 0 Å². The average Bonchev–Trinajstić information content (AvgIpc) is 3.77. The van der Waals surface area contributed by atoms with E-state index in [0.717, 1.165) is 109 Å². The number of morpholine rings is 1. The predicted molar refractivity (Wildman–Crippen MR) is 221 cm³/mol. The van der Waals surface area contributed by atoms with Gasteiger partial charge in [0.1, 0.15) is 11.4 Å². The summed E-state index contributed by atoms with van der Waals surface area (Å²) in [5.41, 5.74) is 4.02. The first kappa shape index (κ1) is 37.5. The Morgan fingerprint density at radius 2 is 1.86 bits per heavy atom. The zero-order valence-corrected chi connectivity index (χ0v) is 34.2. The van der Waals surface area contributed by atoms with E-state index >= 15 is 0 Å². The van der Waals surface area contributed by atoms with E-state index in [1.165, 1.54) is 32.1 Å². The standard InChI is InChI=1S/C43H55N9O4S/c1-27-31-7-6-12-51(38(31)49-48-37(27)46-40-45-34-8-4-5-9-35(34)57-40)36-11-10-33(41(3,47-36)39(53)54)32-24-44-52(28(32)2)26-42-20-29-19-30(21-42)23-43(22-29,25-42)56-18-15-50-13-16-55-17-14-50/h4-5,8-11,24,29-30,33,39,53-54H,6-7,12-23,25-26H2,1-3H3,(H,45,46,48). The molecule has 4 atom stereocenters. The minimum Gasteiger partial charge on any atom is -0.379 e. The molecule has 3 aliphatic heterocycles. The van der Waals surface area contributed by atoms with Crippen molar-refractivity contribution in [3.05, 3.63) is 65.0 Å². The quantitative estimate of drug-likeness (QED) is 0.165. The number of aromatic nitrogens is 5. The molecule has 0 radical (unpaired) electrons. The van der Waals surface area contributed by atoms with Crippen molar-refractivity contribution in [1.82, 2.24) is 29.9 Å². The summed E-state index contributed by atoms with van der Waals surface area (Å²) >= 11 is 1.59. The van der Waals surface area contributed by atoms with E-state index in [4.69, 9.17) is 29.6 Å². The monoisotopic (exact) mass is 793 g/mol. The number of dihydropyridines is 1. The van der Waals surface area contributed by atoms with Gasteiger partial charge in [-0.15, -0.1) is 10.2 Å². The van der Waals surface area contributed by atoms with Gasteiger partial charge in [0, 0.05) is 61.0 Å². The van der Waals surface area contributed by atoms with E-state index in [9.17, 15) is 10.2 Å². The van der Waals surface area contributed by atoms with Gasteiger partial charge in [0.25, 0.3) is 0 Å². The van der Waals surface area contributed by atoms with Crippen LogP contribution in [0.5, 0.6) is 0 Å². The van der Waals surface area contributed by atoms with Gasteiger partial charge in [0.15, 0.2) is 23.1 Å². The van der Waals surface area contributed by atoms with Gasteiger partial charge < -0.3 is 29.9 Å². The molecule has 13 nitrogen and oxygen atoms in total. The van der Waals surface area contributed by atoms with Gasteiger partial charge in [-0.2, -0.15) is 5.10 Å². The van der Waals surface area contributed by atoms with Crippen LogP contribution < -0.4 is 10.2 Å². The fourth-order valence-corrected chi connectivity index (χ4v) is 12.5. The zero-order valence-electron chi connectivity index (χ0n) is 33.4. The van der Waals surface area contributed by atoms with Crippen LogP contribution >= 0.6 is 11.3 Å². The summed E-state index contributed by atoms with van der Waals surface area (Å²) in [5.74, 6) is 3.15. The second kappa shape index (κ2) is 14.5. The summed E-state index contributed by atoms with van der Waals surface area (Å²) < 4.78 is 15.8. The molecule has 6 heterocycles. The molecule has 11 rings (SSSR count). The molecule has 302 valence electrons. The number of rotatable bonds is 10. The Morgan fingerprint density at radius 1 is 1.05 bits per heavy atom. The smallest absolute Gasteiger partial charge is 0.189 e. The summed E-state index contributed by atoms with van der Waals surface area (Å²) in [5, 5.41) is 40.7. The number of fused-ring (bicyclic) bond motifs is 2. The Kier molecular flexibility index (Phi) is 9.53.